The standard InChI is InChI=1S/C16H32N4.HI/c1-13-4-6-15(7-5-13)19-16(17-2)18-12-14-8-10-20(3)11-9-14;/h13-15H,4-12H2,1-3H3,(H2,17,18,19);1H. The van der Waals surface area contributed by atoms with Crippen molar-refractivity contribution in [1.29, 1.82) is 0 Å². The minimum Gasteiger partial charge on any atom is -0.356 e. The van der Waals surface area contributed by atoms with Gasteiger partial charge in [0, 0.05) is 19.6 Å². The second-order valence-corrected chi connectivity index (χ2v) is 6.80. The first-order chi connectivity index (χ1) is 9.67. The highest BCUT2D eigenvalue weighted by Crippen LogP contribution is 2.23. The van der Waals surface area contributed by atoms with Gasteiger partial charge in [-0.15, -0.1) is 24.0 Å². The van der Waals surface area contributed by atoms with Crippen molar-refractivity contribution < 1.29 is 0 Å². The Morgan fingerprint density at radius 3 is 2.29 bits per heavy atom. The lowest BCUT2D eigenvalue weighted by atomic mass is 9.87. The second kappa shape index (κ2) is 9.87. The Labute approximate surface area is 147 Å². The molecule has 1 saturated carbocycles. The van der Waals surface area contributed by atoms with Gasteiger partial charge in [-0.3, -0.25) is 4.99 Å². The molecule has 0 aromatic carbocycles. The zero-order valence-corrected chi connectivity index (χ0v) is 16.2. The molecule has 0 amide bonds. The van der Waals surface area contributed by atoms with E-state index in [9.17, 15) is 0 Å². The van der Waals surface area contributed by atoms with Crippen molar-refractivity contribution in [2.24, 2.45) is 16.8 Å². The van der Waals surface area contributed by atoms with Crippen LogP contribution in [0.1, 0.15) is 45.4 Å². The predicted molar refractivity (Wildman–Crippen MR) is 102 cm³/mol. The number of piperidine rings is 1. The fraction of sp³-hybridized carbons (Fsp3) is 0.938. The molecule has 21 heavy (non-hydrogen) atoms. The molecule has 0 aromatic heterocycles. The van der Waals surface area contributed by atoms with Crippen LogP contribution < -0.4 is 10.6 Å². The first-order valence-corrected chi connectivity index (χ1v) is 8.33. The van der Waals surface area contributed by atoms with Crippen molar-refractivity contribution in [1.82, 2.24) is 15.5 Å². The molecule has 2 fully saturated rings. The Morgan fingerprint density at radius 1 is 1.10 bits per heavy atom. The largest absolute Gasteiger partial charge is 0.356 e. The molecule has 2 rings (SSSR count). The minimum absolute atomic E-state index is 0. The van der Waals surface area contributed by atoms with Crippen LogP contribution in [0.3, 0.4) is 0 Å². The van der Waals surface area contributed by atoms with Gasteiger partial charge in [0.2, 0.25) is 0 Å². The Bertz CT molecular complexity index is 305. The number of guanidine groups is 1. The van der Waals surface area contributed by atoms with E-state index in [-0.39, 0.29) is 24.0 Å². The van der Waals surface area contributed by atoms with Crippen LogP contribution >= 0.6 is 24.0 Å². The lowest BCUT2D eigenvalue weighted by Gasteiger charge is -2.31. The Balaban J connectivity index is 0.00000220. The molecule has 4 nitrogen and oxygen atoms in total. The summed E-state index contributed by atoms with van der Waals surface area (Å²) in [4.78, 5) is 6.81. The van der Waals surface area contributed by atoms with E-state index >= 15 is 0 Å². The molecule has 0 bridgehead atoms. The van der Waals surface area contributed by atoms with Crippen LogP contribution in [0.4, 0.5) is 0 Å². The van der Waals surface area contributed by atoms with Crippen LogP contribution in [0.2, 0.25) is 0 Å². The monoisotopic (exact) mass is 408 g/mol. The molecule has 0 aromatic rings. The van der Waals surface area contributed by atoms with E-state index in [0.717, 1.165) is 24.3 Å². The molecule has 1 saturated heterocycles. The summed E-state index contributed by atoms with van der Waals surface area (Å²) in [5.41, 5.74) is 0. The van der Waals surface area contributed by atoms with Crippen LogP contribution in [-0.2, 0) is 0 Å². The second-order valence-electron chi connectivity index (χ2n) is 6.80. The van der Waals surface area contributed by atoms with Crippen molar-refractivity contribution in [3.05, 3.63) is 0 Å². The number of hydrogen-bond donors (Lipinski definition) is 2. The fourth-order valence-corrected chi connectivity index (χ4v) is 3.30. The van der Waals surface area contributed by atoms with Gasteiger partial charge < -0.3 is 15.5 Å². The third-order valence-electron chi connectivity index (χ3n) is 4.98. The molecule has 0 spiro atoms. The number of nitrogens with zero attached hydrogens (tertiary/aromatic N) is 2. The summed E-state index contributed by atoms with van der Waals surface area (Å²) in [6.45, 7) is 5.90. The molecule has 2 aliphatic rings. The maximum atomic E-state index is 4.38. The van der Waals surface area contributed by atoms with Crippen LogP contribution in [0.5, 0.6) is 0 Å². The summed E-state index contributed by atoms with van der Waals surface area (Å²) in [6, 6.07) is 0.620. The molecule has 2 N–H and O–H groups in total. The summed E-state index contributed by atoms with van der Waals surface area (Å²) >= 11 is 0. The molecule has 1 aliphatic carbocycles. The number of nitrogens with one attached hydrogen (secondary N) is 2. The molecule has 124 valence electrons. The van der Waals surface area contributed by atoms with Gasteiger partial charge in [0.25, 0.3) is 0 Å². The van der Waals surface area contributed by atoms with Crippen molar-refractivity contribution in [2.45, 2.75) is 51.5 Å². The average Bonchev–Trinajstić information content (AvgIpc) is 2.47. The number of aliphatic imine (C=N–C) groups is 1. The molecule has 1 aliphatic heterocycles. The third kappa shape index (κ3) is 6.72. The molecule has 1 heterocycles. The van der Waals surface area contributed by atoms with Gasteiger partial charge in [0.15, 0.2) is 5.96 Å². The maximum absolute atomic E-state index is 4.38. The Hall–Kier alpha value is -0.0400. The molecule has 0 unspecified atom stereocenters. The van der Waals surface area contributed by atoms with Crippen molar-refractivity contribution in [3.63, 3.8) is 0 Å². The predicted octanol–water partition coefficient (Wildman–Crippen LogP) is 2.69. The van der Waals surface area contributed by atoms with Crippen LogP contribution in [0.25, 0.3) is 0 Å². The first kappa shape index (κ1) is 19.0. The number of rotatable bonds is 3. The van der Waals surface area contributed by atoms with Gasteiger partial charge in [-0.05, 0) is 70.5 Å². The topological polar surface area (TPSA) is 39.7 Å². The molecule has 5 heteroatoms. The summed E-state index contributed by atoms with van der Waals surface area (Å²) in [7, 11) is 4.10. The third-order valence-corrected chi connectivity index (χ3v) is 4.98. The van der Waals surface area contributed by atoms with E-state index in [2.05, 4.69) is 34.5 Å². The smallest absolute Gasteiger partial charge is 0.191 e. The average molecular weight is 408 g/mol. The summed E-state index contributed by atoms with van der Waals surface area (Å²) in [6.07, 6.45) is 7.89. The van der Waals surface area contributed by atoms with E-state index in [0.29, 0.717) is 6.04 Å². The van der Waals surface area contributed by atoms with Crippen LogP contribution in [0.15, 0.2) is 4.99 Å². The van der Waals surface area contributed by atoms with E-state index < -0.39 is 0 Å². The highest BCUT2D eigenvalue weighted by molar-refractivity contribution is 14.0. The van der Waals surface area contributed by atoms with Gasteiger partial charge in [-0.2, -0.15) is 0 Å². The highest BCUT2D eigenvalue weighted by Gasteiger charge is 2.20. The van der Waals surface area contributed by atoms with Crippen LogP contribution in [0, 0.1) is 11.8 Å². The summed E-state index contributed by atoms with van der Waals surface area (Å²) in [5, 5.41) is 7.14. The van der Waals surface area contributed by atoms with Gasteiger partial charge in [0.05, 0.1) is 0 Å². The van der Waals surface area contributed by atoms with E-state index in [1.165, 1.54) is 51.6 Å². The van der Waals surface area contributed by atoms with Crippen molar-refractivity contribution in [3.8, 4) is 0 Å². The normalized spacial score (nSPS) is 28.8. The van der Waals surface area contributed by atoms with Gasteiger partial charge in [0.1, 0.15) is 0 Å². The number of hydrogen-bond acceptors (Lipinski definition) is 2. The van der Waals surface area contributed by atoms with Gasteiger partial charge in [-0.1, -0.05) is 6.92 Å². The van der Waals surface area contributed by atoms with Crippen molar-refractivity contribution in [2.75, 3.05) is 33.7 Å². The lowest BCUT2D eigenvalue weighted by Crippen LogP contribution is -2.46. The van der Waals surface area contributed by atoms with Gasteiger partial charge >= 0.3 is 0 Å². The minimum atomic E-state index is 0. The highest BCUT2D eigenvalue weighted by atomic mass is 127. The summed E-state index contributed by atoms with van der Waals surface area (Å²) in [5.74, 6) is 2.71. The summed E-state index contributed by atoms with van der Waals surface area (Å²) < 4.78 is 0. The fourth-order valence-electron chi connectivity index (χ4n) is 3.30. The lowest BCUT2D eigenvalue weighted by molar-refractivity contribution is 0.220. The van der Waals surface area contributed by atoms with Crippen molar-refractivity contribution >= 4 is 29.9 Å². The molecular weight excluding hydrogens is 375 g/mol. The van der Waals surface area contributed by atoms with E-state index in [1.807, 2.05) is 7.05 Å². The van der Waals surface area contributed by atoms with E-state index in [4.69, 9.17) is 0 Å². The Morgan fingerprint density at radius 2 is 1.71 bits per heavy atom. The molecule has 0 radical (unpaired) electrons. The molecule has 0 atom stereocenters. The zero-order valence-electron chi connectivity index (χ0n) is 13.9. The van der Waals surface area contributed by atoms with Crippen LogP contribution in [-0.4, -0.2) is 50.6 Å². The SMILES string of the molecule is CN=C(NCC1CCN(C)CC1)NC1CCC(C)CC1.I. The first-order valence-electron chi connectivity index (χ1n) is 8.33. The number of halogens is 1. The number of likely N-dealkylation sites (tertiary alicyclic amines) is 1. The van der Waals surface area contributed by atoms with Gasteiger partial charge in [-0.25, -0.2) is 0 Å². The molecular formula is C16H33IN4. The Kier molecular flexibility index (Phi) is 8.94. The maximum Gasteiger partial charge on any atom is 0.191 e. The van der Waals surface area contributed by atoms with E-state index in [1.54, 1.807) is 0 Å². The zero-order chi connectivity index (χ0) is 14.4. The quantitative estimate of drug-likeness (QED) is 0.429.